The predicted molar refractivity (Wildman–Crippen MR) is 67.6 cm³/mol. The summed E-state index contributed by atoms with van der Waals surface area (Å²) in [5, 5.41) is 19.4. The van der Waals surface area contributed by atoms with E-state index < -0.39 is 23.6 Å². The van der Waals surface area contributed by atoms with Crippen molar-refractivity contribution in [3.8, 4) is 16.9 Å². The largest absolute Gasteiger partial charge is 0.506 e. The Kier molecular flexibility index (Phi) is 2.74. The Morgan fingerprint density at radius 3 is 2.40 bits per heavy atom. The van der Waals surface area contributed by atoms with Gasteiger partial charge in [0, 0.05) is 5.56 Å². The van der Waals surface area contributed by atoms with Crippen LogP contribution < -0.4 is 0 Å². The third-order valence-electron chi connectivity index (χ3n) is 3.40. The second-order valence-corrected chi connectivity index (χ2v) is 4.94. The molecule has 20 heavy (non-hydrogen) atoms. The first-order valence-electron chi connectivity index (χ1n) is 5.72. The fourth-order valence-electron chi connectivity index (χ4n) is 2.58. The fourth-order valence-corrected chi connectivity index (χ4v) is 2.79. The van der Waals surface area contributed by atoms with Crippen LogP contribution in [-0.4, -0.2) is 10.2 Å². The number of aliphatic hydroxyl groups is 1. The van der Waals surface area contributed by atoms with Gasteiger partial charge in [-0.2, -0.15) is 13.2 Å². The van der Waals surface area contributed by atoms with Gasteiger partial charge >= 0.3 is 6.18 Å². The highest BCUT2D eigenvalue weighted by molar-refractivity contribution is 6.32. The van der Waals surface area contributed by atoms with Crippen molar-refractivity contribution in [2.75, 3.05) is 0 Å². The SMILES string of the molecule is Oc1c(Cl)cc2c(c1C(F)(F)F)[C@H](O)c1ccccc1-2. The van der Waals surface area contributed by atoms with Gasteiger partial charge in [-0.3, -0.25) is 0 Å². The molecule has 0 saturated carbocycles. The normalized spacial score (nSPS) is 16.9. The molecule has 0 unspecified atom stereocenters. The molecule has 104 valence electrons. The van der Waals surface area contributed by atoms with E-state index in [1.807, 2.05) is 0 Å². The quantitative estimate of drug-likeness (QED) is 0.768. The first-order chi connectivity index (χ1) is 9.32. The van der Waals surface area contributed by atoms with Gasteiger partial charge in [0.25, 0.3) is 0 Å². The molecule has 0 radical (unpaired) electrons. The third kappa shape index (κ3) is 1.70. The van der Waals surface area contributed by atoms with Gasteiger partial charge in [-0.1, -0.05) is 35.9 Å². The summed E-state index contributed by atoms with van der Waals surface area (Å²) in [6.07, 6.45) is -6.23. The summed E-state index contributed by atoms with van der Waals surface area (Å²) in [5.41, 5.74) is -0.565. The predicted octanol–water partition coefficient (Wildman–Crippen LogP) is 4.13. The number of phenols is 1. The molecule has 6 heteroatoms. The monoisotopic (exact) mass is 300 g/mol. The molecule has 1 aliphatic carbocycles. The molecule has 0 saturated heterocycles. The van der Waals surface area contributed by atoms with Gasteiger partial charge in [0.05, 0.1) is 5.02 Å². The van der Waals surface area contributed by atoms with E-state index in [9.17, 15) is 23.4 Å². The van der Waals surface area contributed by atoms with Crippen molar-refractivity contribution in [1.82, 2.24) is 0 Å². The Bertz CT molecular complexity index is 710. The molecule has 1 atom stereocenters. The number of hydrogen-bond acceptors (Lipinski definition) is 2. The highest BCUT2D eigenvalue weighted by atomic mass is 35.5. The van der Waals surface area contributed by atoms with Crippen LogP contribution in [0.1, 0.15) is 22.8 Å². The number of fused-ring (bicyclic) bond motifs is 3. The van der Waals surface area contributed by atoms with Crippen molar-refractivity contribution in [3.63, 3.8) is 0 Å². The average Bonchev–Trinajstić information content (AvgIpc) is 2.64. The van der Waals surface area contributed by atoms with Crippen molar-refractivity contribution in [2.45, 2.75) is 12.3 Å². The minimum Gasteiger partial charge on any atom is -0.506 e. The van der Waals surface area contributed by atoms with Crippen molar-refractivity contribution in [1.29, 1.82) is 0 Å². The lowest BCUT2D eigenvalue weighted by Gasteiger charge is -2.17. The van der Waals surface area contributed by atoms with Gasteiger partial charge in [-0.15, -0.1) is 0 Å². The van der Waals surface area contributed by atoms with Crippen molar-refractivity contribution in [3.05, 3.63) is 52.0 Å². The zero-order valence-corrected chi connectivity index (χ0v) is 10.6. The molecule has 0 fully saturated rings. The van der Waals surface area contributed by atoms with E-state index >= 15 is 0 Å². The van der Waals surface area contributed by atoms with Crippen LogP contribution in [0.2, 0.25) is 5.02 Å². The van der Waals surface area contributed by atoms with Crippen molar-refractivity contribution in [2.24, 2.45) is 0 Å². The van der Waals surface area contributed by atoms with Gasteiger partial charge in [-0.25, -0.2) is 0 Å². The van der Waals surface area contributed by atoms with Crippen LogP contribution in [0.15, 0.2) is 30.3 Å². The molecule has 0 aliphatic heterocycles. The number of aromatic hydroxyl groups is 1. The summed E-state index contributed by atoms with van der Waals surface area (Å²) in [6.45, 7) is 0. The zero-order valence-electron chi connectivity index (χ0n) is 9.87. The van der Waals surface area contributed by atoms with Gasteiger partial charge in [0.2, 0.25) is 0 Å². The summed E-state index contributed by atoms with van der Waals surface area (Å²) < 4.78 is 39.5. The molecule has 2 N–H and O–H groups in total. The maximum atomic E-state index is 13.2. The van der Waals surface area contributed by atoms with Crippen LogP contribution in [0.25, 0.3) is 11.1 Å². The smallest absolute Gasteiger partial charge is 0.420 e. The number of benzene rings is 2. The van der Waals surface area contributed by atoms with Gasteiger partial charge in [-0.05, 0) is 22.8 Å². The number of hydrogen-bond donors (Lipinski definition) is 2. The summed E-state index contributed by atoms with van der Waals surface area (Å²) in [4.78, 5) is 0. The molecule has 1 aliphatic rings. The fraction of sp³-hybridized carbons (Fsp3) is 0.143. The van der Waals surface area contributed by atoms with Crippen LogP contribution in [0, 0.1) is 0 Å². The van der Waals surface area contributed by atoms with E-state index in [4.69, 9.17) is 11.6 Å². The lowest BCUT2D eigenvalue weighted by molar-refractivity contribution is -0.140. The van der Waals surface area contributed by atoms with E-state index in [2.05, 4.69) is 0 Å². The summed E-state index contributed by atoms with van der Waals surface area (Å²) in [6, 6.07) is 7.69. The molecule has 0 bridgehead atoms. The van der Waals surface area contributed by atoms with Crippen LogP contribution >= 0.6 is 11.6 Å². The van der Waals surface area contributed by atoms with E-state index in [0.717, 1.165) is 0 Å². The Labute approximate surface area is 117 Å². The molecule has 3 rings (SSSR count). The molecular formula is C14H8ClF3O2. The third-order valence-corrected chi connectivity index (χ3v) is 3.68. The highest BCUT2D eigenvalue weighted by Gasteiger charge is 2.43. The molecule has 0 heterocycles. The second-order valence-electron chi connectivity index (χ2n) is 4.53. The number of rotatable bonds is 0. The van der Waals surface area contributed by atoms with Crippen molar-refractivity contribution < 1.29 is 23.4 Å². The first kappa shape index (κ1) is 13.3. The maximum absolute atomic E-state index is 13.2. The van der Waals surface area contributed by atoms with Gasteiger partial charge in [0.15, 0.2) is 0 Å². The molecule has 2 aromatic carbocycles. The van der Waals surface area contributed by atoms with Crippen LogP contribution in [0.5, 0.6) is 5.75 Å². The van der Waals surface area contributed by atoms with E-state index in [0.29, 0.717) is 11.1 Å². The first-order valence-corrected chi connectivity index (χ1v) is 6.10. The zero-order chi connectivity index (χ0) is 14.7. The van der Waals surface area contributed by atoms with Gasteiger partial charge in [0.1, 0.15) is 17.4 Å². The lowest BCUT2D eigenvalue weighted by atomic mass is 9.98. The molecule has 0 amide bonds. The van der Waals surface area contributed by atoms with Gasteiger partial charge < -0.3 is 10.2 Å². The van der Waals surface area contributed by atoms with E-state index in [1.165, 1.54) is 6.07 Å². The number of alkyl halides is 3. The summed E-state index contributed by atoms with van der Waals surface area (Å²) in [7, 11) is 0. The minimum absolute atomic E-state index is 0.197. The Morgan fingerprint density at radius 2 is 1.75 bits per heavy atom. The lowest BCUT2D eigenvalue weighted by Crippen LogP contribution is -2.12. The Balaban J connectivity index is 2.41. The summed E-state index contributed by atoms with van der Waals surface area (Å²) >= 11 is 5.69. The van der Waals surface area contributed by atoms with E-state index in [1.54, 1.807) is 24.3 Å². The second kappa shape index (κ2) is 4.14. The average molecular weight is 301 g/mol. The van der Waals surface area contributed by atoms with Crippen molar-refractivity contribution >= 4 is 11.6 Å². The molecular weight excluding hydrogens is 293 g/mol. The number of halogens is 4. The topological polar surface area (TPSA) is 40.5 Å². The Morgan fingerprint density at radius 1 is 1.10 bits per heavy atom. The number of aliphatic hydroxyl groups excluding tert-OH is 1. The minimum atomic E-state index is -4.80. The molecule has 2 nitrogen and oxygen atoms in total. The standard InChI is InChI=1S/C14H8ClF3O2/c15-9-5-8-6-3-1-2-4-7(6)12(19)10(8)11(13(9)20)14(16,17)18/h1-5,12,19-20H/t12-/m1/s1. The number of phenolic OH excluding ortho intramolecular Hbond substituents is 1. The van der Waals surface area contributed by atoms with Crippen LogP contribution in [0.4, 0.5) is 13.2 Å². The Hall–Kier alpha value is -1.72. The molecule has 0 spiro atoms. The van der Waals surface area contributed by atoms with E-state index in [-0.39, 0.29) is 16.1 Å². The molecule has 2 aromatic rings. The maximum Gasteiger partial charge on any atom is 0.420 e. The molecule has 0 aromatic heterocycles. The highest BCUT2D eigenvalue weighted by Crippen LogP contribution is 2.53. The summed E-state index contributed by atoms with van der Waals surface area (Å²) in [5.74, 6) is -1.05. The van der Waals surface area contributed by atoms with Crippen LogP contribution in [0.3, 0.4) is 0 Å². The van der Waals surface area contributed by atoms with Crippen LogP contribution in [-0.2, 0) is 6.18 Å².